The quantitative estimate of drug-likeness (QED) is 0.605. The Morgan fingerprint density at radius 2 is 1.73 bits per heavy atom. The van der Waals surface area contributed by atoms with Crippen LogP contribution >= 0.6 is 0 Å². The molecule has 1 heteroatoms. The minimum Gasteiger partial charge on any atom is -0.314 e. The van der Waals surface area contributed by atoms with Crippen molar-refractivity contribution < 1.29 is 0 Å². The molecule has 0 spiro atoms. The molecule has 0 heterocycles. The fraction of sp³-hybridized carbons (Fsp3) is 0.800. The van der Waals surface area contributed by atoms with E-state index in [4.69, 9.17) is 0 Å². The third-order valence-electron chi connectivity index (χ3n) is 2.10. The van der Waals surface area contributed by atoms with Crippen molar-refractivity contribution in [3.63, 3.8) is 0 Å². The van der Waals surface area contributed by atoms with Gasteiger partial charge in [-0.3, -0.25) is 0 Å². The first-order valence-corrected chi connectivity index (χ1v) is 4.67. The van der Waals surface area contributed by atoms with E-state index in [0.717, 1.165) is 12.6 Å². The van der Waals surface area contributed by atoms with Crippen molar-refractivity contribution in [1.82, 2.24) is 5.32 Å². The predicted octanol–water partition coefficient (Wildman–Crippen LogP) is 2.73. The first-order valence-electron chi connectivity index (χ1n) is 4.67. The topological polar surface area (TPSA) is 12.0 Å². The van der Waals surface area contributed by atoms with Crippen LogP contribution in [0.2, 0.25) is 0 Å². The average Bonchev–Trinajstić information content (AvgIpc) is 2.11. The molecule has 1 saturated carbocycles. The minimum absolute atomic E-state index is 0.851. The molecule has 0 bridgehead atoms. The summed E-state index contributed by atoms with van der Waals surface area (Å²) in [6.07, 6.45) is 7.17. The standard InChI is InChI=1S/C8H17N.C2H4/c1-2-9-8-6-4-3-5-7-8;1-2/h8-9H,2-7H2,1H3;1-2H2. The Morgan fingerprint density at radius 3 is 2.18 bits per heavy atom. The van der Waals surface area contributed by atoms with Crippen molar-refractivity contribution in [3.05, 3.63) is 13.2 Å². The molecular weight excluding hydrogens is 134 g/mol. The monoisotopic (exact) mass is 155 g/mol. The summed E-state index contributed by atoms with van der Waals surface area (Å²) in [6.45, 7) is 9.33. The average molecular weight is 155 g/mol. The first kappa shape index (κ1) is 10.7. The van der Waals surface area contributed by atoms with Gasteiger partial charge in [0.1, 0.15) is 0 Å². The van der Waals surface area contributed by atoms with Crippen molar-refractivity contribution in [1.29, 1.82) is 0 Å². The molecule has 0 radical (unpaired) electrons. The molecule has 0 unspecified atom stereocenters. The summed E-state index contributed by atoms with van der Waals surface area (Å²) in [4.78, 5) is 0. The fourth-order valence-corrected chi connectivity index (χ4v) is 1.60. The van der Waals surface area contributed by atoms with E-state index in [1.54, 1.807) is 0 Å². The molecule has 0 atom stereocenters. The normalized spacial score (nSPS) is 18.6. The minimum atomic E-state index is 0.851. The molecule has 0 saturated heterocycles. The Labute approximate surface area is 70.9 Å². The van der Waals surface area contributed by atoms with Crippen LogP contribution in [-0.2, 0) is 0 Å². The van der Waals surface area contributed by atoms with Crippen LogP contribution in [0.3, 0.4) is 0 Å². The highest BCUT2D eigenvalue weighted by molar-refractivity contribution is 4.70. The highest BCUT2D eigenvalue weighted by Gasteiger charge is 2.10. The van der Waals surface area contributed by atoms with Crippen LogP contribution < -0.4 is 5.32 Å². The SMILES string of the molecule is C=C.CCNC1CCCCC1. The zero-order chi connectivity index (χ0) is 8.53. The lowest BCUT2D eigenvalue weighted by atomic mass is 9.96. The maximum Gasteiger partial charge on any atom is 0.00669 e. The molecule has 0 aliphatic heterocycles. The molecule has 0 aromatic carbocycles. The van der Waals surface area contributed by atoms with Crippen molar-refractivity contribution in [2.24, 2.45) is 0 Å². The third kappa shape index (κ3) is 5.02. The van der Waals surface area contributed by atoms with Gasteiger partial charge in [0, 0.05) is 6.04 Å². The molecule has 0 aromatic heterocycles. The van der Waals surface area contributed by atoms with Gasteiger partial charge >= 0.3 is 0 Å². The van der Waals surface area contributed by atoms with Gasteiger partial charge in [-0.25, -0.2) is 0 Å². The zero-order valence-electron chi connectivity index (χ0n) is 7.73. The van der Waals surface area contributed by atoms with Crippen LogP contribution in [0.4, 0.5) is 0 Å². The number of hydrogen-bond donors (Lipinski definition) is 1. The van der Waals surface area contributed by atoms with Crippen molar-refractivity contribution >= 4 is 0 Å². The van der Waals surface area contributed by atoms with Crippen LogP contribution in [-0.4, -0.2) is 12.6 Å². The van der Waals surface area contributed by atoms with Crippen molar-refractivity contribution in [2.75, 3.05) is 6.54 Å². The summed E-state index contributed by atoms with van der Waals surface area (Å²) in [5.41, 5.74) is 0. The molecule has 66 valence electrons. The molecule has 0 amide bonds. The summed E-state index contributed by atoms with van der Waals surface area (Å²) in [7, 11) is 0. The molecule has 0 aromatic rings. The van der Waals surface area contributed by atoms with E-state index >= 15 is 0 Å². The van der Waals surface area contributed by atoms with Gasteiger partial charge in [0.2, 0.25) is 0 Å². The van der Waals surface area contributed by atoms with Crippen LogP contribution in [0, 0.1) is 0 Å². The number of hydrogen-bond acceptors (Lipinski definition) is 1. The summed E-state index contributed by atoms with van der Waals surface area (Å²) in [6, 6.07) is 0.851. The van der Waals surface area contributed by atoms with Gasteiger partial charge in [-0.15, -0.1) is 13.2 Å². The fourth-order valence-electron chi connectivity index (χ4n) is 1.60. The van der Waals surface area contributed by atoms with Crippen LogP contribution in [0.5, 0.6) is 0 Å². The number of nitrogens with one attached hydrogen (secondary N) is 1. The highest BCUT2D eigenvalue weighted by Crippen LogP contribution is 2.16. The molecule has 1 aliphatic carbocycles. The number of rotatable bonds is 2. The van der Waals surface area contributed by atoms with E-state index in [9.17, 15) is 0 Å². The van der Waals surface area contributed by atoms with E-state index in [1.807, 2.05) is 0 Å². The highest BCUT2D eigenvalue weighted by atomic mass is 14.9. The van der Waals surface area contributed by atoms with E-state index in [-0.39, 0.29) is 0 Å². The maximum atomic E-state index is 3.48. The molecule has 1 N–H and O–H groups in total. The second-order valence-corrected chi connectivity index (χ2v) is 2.89. The Kier molecular flexibility index (Phi) is 7.59. The largest absolute Gasteiger partial charge is 0.314 e. The van der Waals surface area contributed by atoms with E-state index in [1.165, 1.54) is 32.1 Å². The maximum absolute atomic E-state index is 3.48. The molecule has 1 rings (SSSR count). The molecular formula is C10H21N. The smallest absolute Gasteiger partial charge is 0.00669 e. The second-order valence-electron chi connectivity index (χ2n) is 2.89. The van der Waals surface area contributed by atoms with Gasteiger partial charge in [0.05, 0.1) is 0 Å². The summed E-state index contributed by atoms with van der Waals surface area (Å²) >= 11 is 0. The van der Waals surface area contributed by atoms with Crippen LogP contribution in [0.1, 0.15) is 39.0 Å². The zero-order valence-corrected chi connectivity index (χ0v) is 7.73. The lowest BCUT2D eigenvalue weighted by Gasteiger charge is -2.21. The molecule has 11 heavy (non-hydrogen) atoms. The lowest BCUT2D eigenvalue weighted by Crippen LogP contribution is -2.30. The van der Waals surface area contributed by atoms with Gasteiger partial charge < -0.3 is 5.32 Å². The Hall–Kier alpha value is -0.300. The van der Waals surface area contributed by atoms with Gasteiger partial charge in [0.25, 0.3) is 0 Å². The third-order valence-corrected chi connectivity index (χ3v) is 2.10. The summed E-state index contributed by atoms with van der Waals surface area (Å²) < 4.78 is 0. The Morgan fingerprint density at radius 1 is 1.18 bits per heavy atom. The van der Waals surface area contributed by atoms with E-state index in [2.05, 4.69) is 25.4 Å². The second kappa shape index (κ2) is 7.80. The molecule has 1 nitrogen and oxygen atoms in total. The Balaban J connectivity index is 0.000000461. The van der Waals surface area contributed by atoms with Crippen molar-refractivity contribution in [3.8, 4) is 0 Å². The summed E-state index contributed by atoms with van der Waals surface area (Å²) in [5.74, 6) is 0. The van der Waals surface area contributed by atoms with E-state index < -0.39 is 0 Å². The predicted molar refractivity (Wildman–Crippen MR) is 51.8 cm³/mol. The molecule has 1 aliphatic rings. The van der Waals surface area contributed by atoms with Gasteiger partial charge in [-0.2, -0.15) is 0 Å². The van der Waals surface area contributed by atoms with Gasteiger partial charge in [0.15, 0.2) is 0 Å². The van der Waals surface area contributed by atoms with E-state index in [0.29, 0.717) is 0 Å². The van der Waals surface area contributed by atoms with Crippen LogP contribution in [0.15, 0.2) is 13.2 Å². The lowest BCUT2D eigenvalue weighted by molar-refractivity contribution is 0.380. The van der Waals surface area contributed by atoms with Crippen LogP contribution in [0.25, 0.3) is 0 Å². The van der Waals surface area contributed by atoms with Gasteiger partial charge in [-0.05, 0) is 19.4 Å². The molecule has 1 fully saturated rings. The Bertz CT molecular complexity index is 72.2. The first-order chi connectivity index (χ1) is 5.43. The summed E-state index contributed by atoms with van der Waals surface area (Å²) in [5, 5.41) is 3.48. The van der Waals surface area contributed by atoms with Crippen molar-refractivity contribution in [2.45, 2.75) is 45.1 Å². The van der Waals surface area contributed by atoms with Gasteiger partial charge in [-0.1, -0.05) is 26.2 Å².